The first-order valence-corrected chi connectivity index (χ1v) is 7.05. The number of rotatable bonds is 6. The van der Waals surface area contributed by atoms with Crippen LogP contribution in [0.15, 0.2) is 24.3 Å². The molecule has 1 fully saturated rings. The lowest BCUT2D eigenvalue weighted by molar-refractivity contribution is -0.117. The Morgan fingerprint density at radius 3 is 2.95 bits per heavy atom. The Morgan fingerprint density at radius 1 is 1.40 bits per heavy atom. The molecule has 1 aromatic rings. The highest BCUT2D eigenvalue weighted by atomic mass is 16.5. The Balaban J connectivity index is 1.60. The summed E-state index contributed by atoms with van der Waals surface area (Å²) < 4.78 is 10.9. The fourth-order valence-electron chi connectivity index (χ4n) is 2.17. The van der Waals surface area contributed by atoms with E-state index in [9.17, 15) is 4.79 Å². The average Bonchev–Trinajstić information content (AvgIpc) is 2.45. The van der Waals surface area contributed by atoms with Gasteiger partial charge < -0.3 is 20.5 Å². The minimum Gasteiger partial charge on any atom is -0.399 e. The van der Waals surface area contributed by atoms with Crippen LogP contribution in [0.5, 0.6) is 0 Å². The van der Waals surface area contributed by atoms with E-state index in [1.165, 1.54) is 0 Å². The van der Waals surface area contributed by atoms with Gasteiger partial charge >= 0.3 is 0 Å². The van der Waals surface area contributed by atoms with E-state index in [0.717, 1.165) is 38.3 Å². The van der Waals surface area contributed by atoms with Crippen molar-refractivity contribution in [1.29, 1.82) is 0 Å². The smallest absolute Gasteiger partial charge is 0.226 e. The standard InChI is InChI=1S/C15H22N2O3/c16-13-2-1-3-14(10-13)17-15(18)6-9-20-11-12-4-7-19-8-5-12/h1-3,10,12H,4-9,11,16H2,(H,17,18). The molecule has 0 saturated carbocycles. The molecule has 1 aliphatic rings. The molecule has 1 amide bonds. The largest absolute Gasteiger partial charge is 0.399 e. The number of ether oxygens (including phenoxy) is 2. The monoisotopic (exact) mass is 278 g/mol. The molecule has 0 aliphatic carbocycles. The van der Waals surface area contributed by atoms with Gasteiger partial charge in [0.1, 0.15) is 0 Å². The SMILES string of the molecule is Nc1cccc(NC(=O)CCOCC2CCOCC2)c1. The summed E-state index contributed by atoms with van der Waals surface area (Å²) in [6.45, 7) is 2.81. The molecule has 1 saturated heterocycles. The zero-order chi connectivity index (χ0) is 14.2. The number of nitrogens with two attached hydrogens (primary N) is 1. The number of carbonyl (C=O) groups is 1. The quantitative estimate of drug-likeness (QED) is 0.617. The van der Waals surface area contributed by atoms with E-state index in [1.54, 1.807) is 12.1 Å². The molecule has 0 spiro atoms. The van der Waals surface area contributed by atoms with Gasteiger partial charge in [-0.05, 0) is 37.0 Å². The van der Waals surface area contributed by atoms with Gasteiger partial charge in [-0.2, -0.15) is 0 Å². The summed E-state index contributed by atoms with van der Waals surface area (Å²) in [7, 11) is 0. The van der Waals surface area contributed by atoms with Crippen molar-refractivity contribution in [1.82, 2.24) is 0 Å². The van der Waals surface area contributed by atoms with Crippen molar-refractivity contribution >= 4 is 17.3 Å². The van der Waals surface area contributed by atoms with Gasteiger partial charge in [0, 0.05) is 31.2 Å². The first-order chi connectivity index (χ1) is 9.74. The lowest BCUT2D eigenvalue weighted by Gasteiger charge is -2.21. The minimum absolute atomic E-state index is 0.0532. The molecular weight excluding hydrogens is 256 g/mol. The minimum atomic E-state index is -0.0532. The van der Waals surface area contributed by atoms with Crippen LogP contribution in [0.1, 0.15) is 19.3 Å². The van der Waals surface area contributed by atoms with Gasteiger partial charge in [0.05, 0.1) is 13.0 Å². The molecule has 5 heteroatoms. The molecule has 5 nitrogen and oxygen atoms in total. The first kappa shape index (κ1) is 14.8. The molecule has 2 rings (SSSR count). The van der Waals surface area contributed by atoms with E-state index < -0.39 is 0 Å². The molecule has 1 heterocycles. The van der Waals surface area contributed by atoms with Crippen molar-refractivity contribution in [3.8, 4) is 0 Å². The molecular formula is C15H22N2O3. The number of nitrogen functional groups attached to an aromatic ring is 1. The van der Waals surface area contributed by atoms with E-state index in [-0.39, 0.29) is 5.91 Å². The molecule has 110 valence electrons. The zero-order valence-electron chi connectivity index (χ0n) is 11.6. The summed E-state index contributed by atoms with van der Waals surface area (Å²) in [6.07, 6.45) is 2.46. The third-order valence-corrected chi connectivity index (χ3v) is 3.34. The second-order valence-corrected chi connectivity index (χ2v) is 5.05. The highest BCUT2D eigenvalue weighted by molar-refractivity contribution is 5.91. The van der Waals surface area contributed by atoms with Crippen molar-refractivity contribution in [2.45, 2.75) is 19.3 Å². The second kappa shape index (κ2) is 7.87. The van der Waals surface area contributed by atoms with Gasteiger partial charge in [0.15, 0.2) is 0 Å². The van der Waals surface area contributed by atoms with Gasteiger partial charge in [0.25, 0.3) is 0 Å². The molecule has 0 radical (unpaired) electrons. The second-order valence-electron chi connectivity index (χ2n) is 5.05. The Kier molecular flexibility index (Phi) is 5.83. The summed E-state index contributed by atoms with van der Waals surface area (Å²) in [5, 5.41) is 2.80. The zero-order valence-corrected chi connectivity index (χ0v) is 11.6. The molecule has 20 heavy (non-hydrogen) atoms. The topological polar surface area (TPSA) is 73.6 Å². The molecule has 1 aromatic carbocycles. The summed E-state index contributed by atoms with van der Waals surface area (Å²) in [6, 6.07) is 7.15. The van der Waals surface area contributed by atoms with Crippen molar-refractivity contribution in [3.05, 3.63) is 24.3 Å². The maximum atomic E-state index is 11.7. The highest BCUT2D eigenvalue weighted by Gasteiger charge is 2.13. The number of hydrogen-bond donors (Lipinski definition) is 2. The van der Waals surface area contributed by atoms with Crippen LogP contribution in [0.3, 0.4) is 0 Å². The summed E-state index contributed by atoms with van der Waals surface area (Å²) in [5.41, 5.74) is 7.01. The van der Waals surface area contributed by atoms with E-state index >= 15 is 0 Å². The van der Waals surface area contributed by atoms with Gasteiger partial charge in [-0.3, -0.25) is 4.79 Å². The van der Waals surface area contributed by atoms with Crippen LogP contribution in [-0.4, -0.2) is 32.3 Å². The van der Waals surface area contributed by atoms with Crippen LogP contribution in [-0.2, 0) is 14.3 Å². The van der Waals surface area contributed by atoms with E-state index in [4.69, 9.17) is 15.2 Å². The summed E-state index contributed by atoms with van der Waals surface area (Å²) in [4.78, 5) is 11.7. The highest BCUT2D eigenvalue weighted by Crippen LogP contribution is 2.15. The average molecular weight is 278 g/mol. The van der Waals surface area contributed by atoms with Gasteiger partial charge in [-0.25, -0.2) is 0 Å². The predicted octanol–water partition coefficient (Wildman–Crippen LogP) is 2.04. The summed E-state index contributed by atoms with van der Waals surface area (Å²) in [5.74, 6) is 0.517. The van der Waals surface area contributed by atoms with Crippen LogP contribution < -0.4 is 11.1 Å². The van der Waals surface area contributed by atoms with Gasteiger partial charge in [-0.1, -0.05) is 6.07 Å². The fraction of sp³-hybridized carbons (Fsp3) is 0.533. The van der Waals surface area contributed by atoms with Crippen molar-refractivity contribution in [3.63, 3.8) is 0 Å². The van der Waals surface area contributed by atoms with Gasteiger partial charge in [0.2, 0.25) is 5.91 Å². The Morgan fingerprint density at radius 2 is 2.20 bits per heavy atom. The number of benzene rings is 1. The maximum absolute atomic E-state index is 11.7. The lowest BCUT2D eigenvalue weighted by Crippen LogP contribution is -2.21. The number of hydrogen-bond acceptors (Lipinski definition) is 4. The van der Waals surface area contributed by atoms with Crippen LogP contribution >= 0.6 is 0 Å². The van der Waals surface area contributed by atoms with Crippen molar-refractivity contribution in [2.24, 2.45) is 5.92 Å². The molecule has 3 N–H and O–H groups in total. The molecule has 1 aliphatic heterocycles. The van der Waals surface area contributed by atoms with E-state index in [2.05, 4.69) is 5.32 Å². The number of amides is 1. The number of nitrogens with one attached hydrogen (secondary N) is 1. The maximum Gasteiger partial charge on any atom is 0.226 e. The van der Waals surface area contributed by atoms with Crippen LogP contribution in [0.25, 0.3) is 0 Å². The van der Waals surface area contributed by atoms with Crippen LogP contribution in [0.4, 0.5) is 11.4 Å². The van der Waals surface area contributed by atoms with Crippen LogP contribution in [0.2, 0.25) is 0 Å². The normalized spacial score (nSPS) is 16.0. The number of carbonyl (C=O) groups excluding carboxylic acids is 1. The van der Waals surface area contributed by atoms with Crippen molar-refractivity contribution < 1.29 is 14.3 Å². The van der Waals surface area contributed by atoms with Crippen LogP contribution in [0, 0.1) is 5.92 Å². The Bertz CT molecular complexity index is 431. The lowest BCUT2D eigenvalue weighted by atomic mass is 10.0. The summed E-state index contributed by atoms with van der Waals surface area (Å²) >= 11 is 0. The van der Waals surface area contributed by atoms with E-state index in [0.29, 0.717) is 24.6 Å². The molecule has 0 atom stereocenters. The van der Waals surface area contributed by atoms with Crippen molar-refractivity contribution in [2.75, 3.05) is 37.5 Å². The first-order valence-electron chi connectivity index (χ1n) is 7.05. The number of anilines is 2. The van der Waals surface area contributed by atoms with Gasteiger partial charge in [-0.15, -0.1) is 0 Å². The Labute approximate surface area is 119 Å². The molecule has 0 bridgehead atoms. The Hall–Kier alpha value is -1.59. The third-order valence-electron chi connectivity index (χ3n) is 3.34. The molecule has 0 aromatic heterocycles. The fourth-order valence-corrected chi connectivity index (χ4v) is 2.17. The predicted molar refractivity (Wildman–Crippen MR) is 78.5 cm³/mol. The molecule has 0 unspecified atom stereocenters. The van der Waals surface area contributed by atoms with E-state index in [1.807, 2.05) is 12.1 Å². The third kappa shape index (κ3) is 5.19.